The molecule has 0 aliphatic heterocycles. The molecule has 0 fully saturated rings. The van der Waals surface area contributed by atoms with E-state index in [1.807, 2.05) is 13.0 Å². The maximum Gasteiger partial charge on any atom is 0.293 e. The Labute approximate surface area is 175 Å². The fourth-order valence-corrected chi connectivity index (χ4v) is 3.69. The Hall–Kier alpha value is -3.10. The summed E-state index contributed by atoms with van der Waals surface area (Å²) in [5, 5.41) is 4.48. The highest BCUT2D eigenvalue weighted by molar-refractivity contribution is 7.10. The molecule has 0 spiro atoms. The van der Waals surface area contributed by atoms with Crippen LogP contribution in [-0.4, -0.2) is 29.5 Å². The van der Waals surface area contributed by atoms with Crippen molar-refractivity contribution in [3.63, 3.8) is 0 Å². The van der Waals surface area contributed by atoms with E-state index in [2.05, 4.69) is 14.7 Å². The van der Waals surface area contributed by atoms with Crippen molar-refractivity contribution in [3.05, 3.63) is 52.7 Å². The van der Waals surface area contributed by atoms with Gasteiger partial charge in [-0.05, 0) is 43.3 Å². The van der Waals surface area contributed by atoms with Gasteiger partial charge >= 0.3 is 0 Å². The molecule has 7 nitrogen and oxygen atoms in total. The number of hydrogen-bond donors (Lipinski definition) is 1. The molecule has 2 heterocycles. The van der Waals surface area contributed by atoms with Crippen LogP contribution >= 0.6 is 23.1 Å². The molecule has 29 heavy (non-hydrogen) atoms. The molecule has 0 atom stereocenters. The van der Waals surface area contributed by atoms with Gasteiger partial charge in [0.1, 0.15) is 5.58 Å². The van der Waals surface area contributed by atoms with Gasteiger partial charge in [-0.15, -0.1) is 0 Å². The van der Waals surface area contributed by atoms with Crippen LogP contribution in [0.25, 0.3) is 22.4 Å². The summed E-state index contributed by atoms with van der Waals surface area (Å²) in [6, 6.07) is 10.6. The number of benzene rings is 2. The third kappa shape index (κ3) is 3.64. The van der Waals surface area contributed by atoms with Crippen molar-refractivity contribution in [3.8, 4) is 22.9 Å². The summed E-state index contributed by atoms with van der Waals surface area (Å²) in [6.45, 7) is 1.81. The van der Waals surface area contributed by atoms with Crippen molar-refractivity contribution < 1.29 is 18.7 Å². The summed E-state index contributed by atoms with van der Waals surface area (Å²) < 4.78 is 20.6. The van der Waals surface area contributed by atoms with Gasteiger partial charge in [0, 0.05) is 33.1 Å². The van der Waals surface area contributed by atoms with Crippen LogP contribution in [0.2, 0.25) is 5.02 Å². The van der Waals surface area contributed by atoms with E-state index in [4.69, 9.17) is 25.5 Å². The predicted molar refractivity (Wildman–Crippen MR) is 112 cm³/mol. The smallest absolute Gasteiger partial charge is 0.293 e. The van der Waals surface area contributed by atoms with E-state index in [1.165, 1.54) is 0 Å². The van der Waals surface area contributed by atoms with Crippen LogP contribution in [0.5, 0.6) is 11.5 Å². The number of aryl methyl sites for hydroxylation is 1. The Balaban J connectivity index is 1.58. The lowest BCUT2D eigenvalue weighted by molar-refractivity contribution is 0.0998. The number of rotatable bonds is 5. The Kier molecular flexibility index (Phi) is 5.12. The quantitative estimate of drug-likeness (QED) is 0.470. The highest BCUT2D eigenvalue weighted by atomic mass is 35.5. The highest BCUT2D eigenvalue weighted by Crippen LogP contribution is 2.33. The first kappa shape index (κ1) is 19.2. The number of halogens is 1. The lowest BCUT2D eigenvalue weighted by atomic mass is 10.1. The molecule has 0 saturated heterocycles. The number of carbonyl (C=O) groups excluding carboxylic acids is 1. The number of ether oxygens (including phenoxy) is 2. The Morgan fingerprint density at radius 3 is 2.69 bits per heavy atom. The van der Waals surface area contributed by atoms with Gasteiger partial charge in [-0.25, -0.2) is 0 Å². The van der Waals surface area contributed by atoms with Crippen LogP contribution < -0.4 is 14.8 Å². The van der Waals surface area contributed by atoms with Gasteiger partial charge in [0.05, 0.1) is 14.2 Å². The van der Waals surface area contributed by atoms with Gasteiger partial charge in [0.25, 0.3) is 5.91 Å². The minimum atomic E-state index is -0.398. The second-order valence-electron chi connectivity index (χ2n) is 6.14. The van der Waals surface area contributed by atoms with E-state index in [9.17, 15) is 4.79 Å². The fraction of sp³-hybridized carbons (Fsp3) is 0.150. The molecule has 4 rings (SSSR count). The topological polar surface area (TPSA) is 86.5 Å². The van der Waals surface area contributed by atoms with Gasteiger partial charge < -0.3 is 13.9 Å². The number of carbonyl (C=O) groups is 1. The van der Waals surface area contributed by atoms with Crippen LogP contribution in [0, 0.1) is 6.92 Å². The van der Waals surface area contributed by atoms with Crippen molar-refractivity contribution in [2.45, 2.75) is 6.92 Å². The largest absolute Gasteiger partial charge is 0.493 e. The number of nitrogens with one attached hydrogen (secondary N) is 1. The molecule has 2 aromatic heterocycles. The molecule has 0 aliphatic carbocycles. The molecule has 0 unspecified atom stereocenters. The molecular weight excluding hydrogens is 414 g/mol. The summed E-state index contributed by atoms with van der Waals surface area (Å²) >= 11 is 7.11. The minimum Gasteiger partial charge on any atom is -0.493 e. The van der Waals surface area contributed by atoms with Crippen molar-refractivity contribution in [2.24, 2.45) is 0 Å². The monoisotopic (exact) mass is 429 g/mol. The summed E-state index contributed by atoms with van der Waals surface area (Å²) in [4.78, 5) is 17.1. The molecule has 9 heteroatoms. The zero-order chi connectivity index (χ0) is 20.5. The zero-order valence-corrected chi connectivity index (χ0v) is 17.4. The van der Waals surface area contributed by atoms with Crippen LogP contribution in [0.3, 0.4) is 0 Å². The van der Waals surface area contributed by atoms with Crippen LogP contribution in [-0.2, 0) is 0 Å². The molecule has 148 valence electrons. The average molecular weight is 430 g/mol. The number of furan rings is 1. The molecule has 0 saturated carbocycles. The third-order valence-corrected chi connectivity index (χ3v) is 5.26. The molecule has 0 bridgehead atoms. The summed E-state index contributed by atoms with van der Waals surface area (Å²) in [6.07, 6.45) is 0. The molecule has 0 radical (unpaired) electrons. The van der Waals surface area contributed by atoms with E-state index >= 15 is 0 Å². The first-order chi connectivity index (χ1) is 14.0. The Morgan fingerprint density at radius 2 is 1.93 bits per heavy atom. The summed E-state index contributed by atoms with van der Waals surface area (Å²) in [7, 11) is 3.13. The van der Waals surface area contributed by atoms with Gasteiger partial charge in [-0.3, -0.25) is 10.1 Å². The second kappa shape index (κ2) is 7.73. The first-order valence-electron chi connectivity index (χ1n) is 8.56. The van der Waals surface area contributed by atoms with Crippen molar-refractivity contribution in [2.75, 3.05) is 19.5 Å². The lowest BCUT2D eigenvalue weighted by Crippen LogP contribution is -2.11. The number of amides is 1. The van der Waals surface area contributed by atoms with Crippen LogP contribution in [0.15, 0.2) is 40.8 Å². The molecule has 1 amide bonds. The van der Waals surface area contributed by atoms with E-state index in [0.29, 0.717) is 38.6 Å². The van der Waals surface area contributed by atoms with E-state index in [0.717, 1.165) is 22.5 Å². The number of nitrogens with zero attached hydrogens (tertiary/aromatic N) is 2. The first-order valence-corrected chi connectivity index (χ1v) is 9.71. The third-order valence-electron chi connectivity index (χ3n) is 4.39. The second-order valence-corrected chi connectivity index (χ2v) is 7.33. The maximum atomic E-state index is 12.7. The number of methoxy groups -OCH3 is 2. The SMILES string of the molecule is COc1ccc(-c2nsc(NC(=O)c3oc4ccc(Cl)cc4c3C)n2)cc1OC. The van der Waals surface area contributed by atoms with E-state index < -0.39 is 5.91 Å². The van der Waals surface area contributed by atoms with Gasteiger partial charge in [-0.2, -0.15) is 9.36 Å². The highest BCUT2D eigenvalue weighted by Gasteiger charge is 2.20. The van der Waals surface area contributed by atoms with E-state index in [-0.39, 0.29) is 5.76 Å². The van der Waals surface area contributed by atoms with Crippen LogP contribution in [0.1, 0.15) is 16.1 Å². The standard InChI is InChI=1S/C20H16ClN3O4S/c1-10-13-9-12(21)5-7-14(13)28-17(10)19(25)23-20-22-18(24-29-20)11-4-6-15(26-2)16(8-11)27-3/h4-9H,1-3H3,(H,22,23,24,25). The number of fused-ring (bicyclic) bond motifs is 1. The summed E-state index contributed by atoms with van der Waals surface area (Å²) in [5.41, 5.74) is 2.05. The summed E-state index contributed by atoms with van der Waals surface area (Å²) in [5.74, 6) is 1.47. The van der Waals surface area contributed by atoms with Crippen LogP contribution in [0.4, 0.5) is 5.13 Å². The van der Waals surface area contributed by atoms with Crippen molar-refractivity contribution in [1.82, 2.24) is 9.36 Å². The molecule has 4 aromatic rings. The normalized spacial score (nSPS) is 10.9. The molecule has 0 aliphatic rings. The van der Waals surface area contributed by atoms with Crippen molar-refractivity contribution >= 4 is 45.1 Å². The number of anilines is 1. The fourth-order valence-electron chi connectivity index (χ4n) is 2.93. The van der Waals surface area contributed by atoms with Gasteiger partial charge in [-0.1, -0.05) is 11.6 Å². The molecular formula is C20H16ClN3O4S. The average Bonchev–Trinajstić information content (AvgIpc) is 3.32. The minimum absolute atomic E-state index is 0.213. The van der Waals surface area contributed by atoms with Crippen molar-refractivity contribution in [1.29, 1.82) is 0 Å². The Bertz CT molecular complexity index is 1220. The van der Waals surface area contributed by atoms with Gasteiger partial charge in [0.15, 0.2) is 23.1 Å². The maximum absolute atomic E-state index is 12.7. The van der Waals surface area contributed by atoms with Gasteiger partial charge in [0.2, 0.25) is 5.13 Å². The predicted octanol–water partition coefficient (Wildman–Crippen LogP) is 5.18. The number of aromatic nitrogens is 2. The number of hydrogen-bond acceptors (Lipinski definition) is 7. The Morgan fingerprint density at radius 1 is 1.14 bits per heavy atom. The van der Waals surface area contributed by atoms with E-state index in [1.54, 1.807) is 44.6 Å². The zero-order valence-electron chi connectivity index (χ0n) is 15.8. The molecule has 2 aromatic carbocycles. The lowest BCUT2D eigenvalue weighted by Gasteiger charge is -2.07. The molecule has 1 N–H and O–H groups in total.